The second-order valence-corrected chi connectivity index (χ2v) is 7.42. The smallest absolute Gasteiger partial charge is 0.306 e. The Morgan fingerprint density at radius 1 is 1.23 bits per heavy atom. The van der Waals surface area contributed by atoms with Gasteiger partial charge in [0.1, 0.15) is 11.5 Å². The predicted octanol–water partition coefficient (Wildman–Crippen LogP) is 3.74. The zero-order valence-corrected chi connectivity index (χ0v) is 17.3. The lowest BCUT2D eigenvalue weighted by atomic mass is 9.93. The molecule has 1 atom stereocenters. The number of carbonyl (C=O) groups is 1. The van der Waals surface area contributed by atoms with E-state index in [0.29, 0.717) is 17.1 Å². The molecule has 7 nitrogen and oxygen atoms in total. The second-order valence-electron chi connectivity index (χ2n) is 6.37. The fraction of sp³-hybridized carbons (Fsp3) is 0.227. The molecule has 156 valence electrons. The van der Waals surface area contributed by atoms with Crippen LogP contribution in [0.4, 0.5) is 0 Å². The third-order valence-corrected chi connectivity index (χ3v) is 5.48. The molecule has 0 bridgehead atoms. The van der Waals surface area contributed by atoms with Gasteiger partial charge >= 0.3 is 5.97 Å². The molecule has 30 heavy (non-hydrogen) atoms. The molecule has 3 rings (SSSR count). The number of ether oxygens (including phenoxy) is 2. The van der Waals surface area contributed by atoms with E-state index in [9.17, 15) is 14.7 Å². The average Bonchev–Trinajstić information content (AvgIpc) is 2.79. The van der Waals surface area contributed by atoms with Gasteiger partial charge in [-0.1, -0.05) is 6.07 Å². The Hall–Kier alpha value is -3.26. The van der Waals surface area contributed by atoms with Gasteiger partial charge in [0.15, 0.2) is 5.76 Å². The van der Waals surface area contributed by atoms with Crippen molar-refractivity contribution in [3.63, 3.8) is 0 Å². The van der Waals surface area contributed by atoms with Crippen LogP contribution in [-0.2, 0) is 15.3 Å². The highest BCUT2D eigenvalue weighted by Crippen LogP contribution is 2.34. The van der Waals surface area contributed by atoms with E-state index in [0.717, 1.165) is 10.6 Å². The monoisotopic (exact) mass is 427 g/mol. The van der Waals surface area contributed by atoms with Crippen LogP contribution in [0.15, 0.2) is 69.0 Å². The first-order valence-electron chi connectivity index (χ1n) is 9.11. The summed E-state index contributed by atoms with van der Waals surface area (Å²) >= 11 is 1.47. The minimum Gasteiger partial charge on any atom is -0.502 e. The van der Waals surface area contributed by atoms with Crippen LogP contribution in [0.25, 0.3) is 0 Å². The fourth-order valence-corrected chi connectivity index (χ4v) is 3.66. The minimum atomic E-state index is -0.704. The molecule has 2 heterocycles. The number of aromatic hydroxyl groups is 1. The van der Waals surface area contributed by atoms with Crippen LogP contribution in [-0.4, -0.2) is 30.3 Å². The van der Waals surface area contributed by atoms with Crippen LogP contribution in [0.5, 0.6) is 11.5 Å². The van der Waals surface area contributed by atoms with Gasteiger partial charge in [0.05, 0.1) is 32.3 Å². The SMILES string of the molecule is COC(=O)C[C@H](c1cccnc1)c1oc(CSc2ccc(OC)cc2)cc(=O)c1O. The predicted molar refractivity (Wildman–Crippen MR) is 112 cm³/mol. The molecular weight excluding hydrogens is 406 g/mol. The molecule has 0 spiro atoms. The van der Waals surface area contributed by atoms with Crippen LogP contribution in [0.2, 0.25) is 0 Å². The first-order valence-corrected chi connectivity index (χ1v) is 10.1. The zero-order chi connectivity index (χ0) is 21.5. The number of methoxy groups -OCH3 is 2. The Balaban J connectivity index is 1.91. The van der Waals surface area contributed by atoms with E-state index in [1.807, 2.05) is 24.3 Å². The Morgan fingerprint density at radius 2 is 2.00 bits per heavy atom. The van der Waals surface area contributed by atoms with Gasteiger partial charge in [-0.2, -0.15) is 0 Å². The van der Waals surface area contributed by atoms with Gasteiger partial charge in [-0.15, -0.1) is 11.8 Å². The summed E-state index contributed by atoms with van der Waals surface area (Å²) in [7, 11) is 2.88. The summed E-state index contributed by atoms with van der Waals surface area (Å²) in [5.74, 6) is -0.203. The van der Waals surface area contributed by atoms with Crippen LogP contribution in [0.3, 0.4) is 0 Å². The molecule has 8 heteroatoms. The second kappa shape index (κ2) is 9.98. The largest absolute Gasteiger partial charge is 0.502 e. The number of rotatable bonds is 8. The topological polar surface area (TPSA) is 98.9 Å². The van der Waals surface area contributed by atoms with Crippen molar-refractivity contribution in [2.75, 3.05) is 14.2 Å². The highest BCUT2D eigenvalue weighted by Gasteiger charge is 2.26. The average molecular weight is 427 g/mol. The minimum absolute atomic E-state index is 0.0197. The molecule has 1 aromatic carbocycles. The standard InChI is InChI=1S/C22H21NO6S/c1-27-15-5-7-17(8-6-15)30-13-16-10-19(24)21(26)22(29-16)18(11-20(25)28-2)14-4-3-9-23-12-14/h3-10,12,18,26H,11,13H2,1-2H3/t18-/m1/s1. The Bertz CT molecular complexity index is 1050. The summed E-state index contributed by atoms with van der Waals surface area (Å²) in [5, 5.41) is 10.4. The normalized spacial score (nSPS) is 11.7. The summed E-state index contributed by atoms with van der Waals surface area (Å²) < 4.78 is 15.8. The number of pyridine rings is 1. The molecule has 0 aliphatic rings. The summed E-state index contributed by atoms with van der Waals surface area (Å²) in [4.78, 5) is 29.4. The van der Waals surface area contributed by atoms with Crippen LogP contribution >= 0.6 is 11.8 Å². The number of carbonyl (C=O) groups excluding carboxylic acids is 1. The van der Waals surface area contributed by atoms with E-state index in [1.165, 1.54) is 24.9 Å². The van der Waals surface area contributed by atoms with Crippen molar-refractivity contribution in [2.45, 2.75) is 23.0 Å². The number of benzene rings is 1. The molecule has 0 unspecified atom stereocenters. The van der Waals surface area contributed by atoms with E-state index in [-0.39, 0.29) is 12.2 Å². The van der Waals surface area contributed by atoms with Crippen molar-refractivity contribution >= 4 is 17.7 Å². The fourth-order valence-electron chi connectivity index (χ4n) is 2.88. The van der Waals surface area contributed by atoms with Gasteiger partial charge in [0, 0.05) is 23.4 Å². The number of thioether (sulfide) groups is 1. The lowest BCUT2D eigenvalue weighted by Crippen LogP contribution is -2.14. The van der Waals surface area contributed by atoms with E-state index >= 15 is 0 Å². The third-order valence-electron chi connectivity index (χ3n) is 4.44. The summed E-state index contributed by atoms with van der Waals surface area (Å²) in [6, 6.07) is 12.2. The number of hydrogen-bond acceptors (Lipinski definition) is 8. The highest BCUT2D eigenvalue weighted by molar-refractivity contribution is 7.98. The van der Waals surface area contributed by atoms with Crippen molar-refractivity contribution in [3.05, 3.63) is 82.2 Å². The Morgan fingerprint density at radius 3 is 2.63 bits per heavy atom. The zero-order valence-electron chi connectivity index (χ0n) is 16.5. The van der Waals surface area contributed by atoms with Crippen molar-refractivity contribution in [3.8, 4) is 11.5 Å². The summed E-state index contributed by atoms with van der Waals surface area (Å²) in [5.41, 5.74) is 0.0571. The molecule has 0 amide bonds. The van der Waals surface area contributed by atoms with Gasteiger partial charge in [-0.25, -0.2) is 0 Å². The molecule has 2 aromatic heterocycles. The molecule has 0 saturated heterocycles. The van der Waals surface area contributed by atoms with E-state index in [4.69, 9.17) is 13.9 Å². The quantitative estimate of drug-likeness (QED) is 0.429. The van der Waals surface area contributed by atoms with Crippen molar-refractivity contribution in [1.29, 1.82) is 0 Å². The highest BCUT2D eigenvalue weighted by atomic mass is 32.2. The maximum Gasteiger partial charge on any atom is 0.306 e. The maximum absolute atomic E-state index is 12.4. The number of nitrogens with zero attached hydrogens (tertiary/aromatic N) is 1. The molecular formula is C22H21NO6S. The first kappa shape index (κ1) is 21.4. The van der Waals surface area contributed by atoms with E-state index in [1.54, 1.807) is 31.6 Å². The van der Waals surface area contributed by atoms with Gasteiger partial charge in [-0.05, 0) is 35.9 Å². The number of aromatic nitrogens is 1. The van der Waals surface area contributed by atoms with Gasteiger partial charge in [0.25, 0.3) is 0 Å². The van der Waals surface area contributed by atoms with Gasteiger partial charge in [0.2, 0.25) is 11.2 Å². The summed E-state index contributed by atoms with van der Waals surface area (Å²) in [6.45, 7) is 0. The van der Waals surface area contributed by atoms with Crippen LogP contribution in [0.1, 0.15) is 29.4 Å². The third kappa shape index (κ3) is 5.21. The molecule has 0 radical (unpaired) electrons. The molecule has 3 aromatic rings. The van der Waals surface area contributed by atoms with Crippen LogP contribution in [0, 0.1) is 0 Å². The van der Waals surface area contributed by atoms with E-state index in [2.05, 4.69) is 4.98 Å². The van der Waals surface area contributed by atoms with Crippen molar-refractivity contribution < 1.29 is 23.8 Å². The first-order chi connectivity index (χ1) is 14.5. The van der Waals surface area contributed by atoms with E-state index < -0.39 is 23.1 Å². The summed E-state index contributed by atoms with van der Waals surface area (Å²) in [6.07, 6.45) is 3.05. The lowest BCUT2D eigenvalue weighted by Gasteiger charge is -2.17. The molecule has 0 aliphatic carbocycles. The molecule has 0 saturated carbocycles. The van der Waals surface area contributed by atoms with Crippen molar-refractivity contribution in [1.82, 2.24) is 4.98 Å². The Labute approximate surface area is 177 Å². The van der Waals surface area contributed by atoms with Crippen LogP contribution < -0.4 is 10.2 Å². The number of esters is 1. The maximum atomic E-state index is 12.4. The Kier molecular flexibility index (Phi) is 7.13. The lowest BCUT2D eigenvalue weighted by molar-refractivity contribution is -0.140. The number of hydrogen-bond donors (Lipinski definition) is 1. The molecule has 0 fully saturated rings. The van der Waals surface area contributed by atoms with Gasteiger partial charge in [-0.3, -0.25) is 14.6 Å². The molecule has 1 N–H and O–H groups in total. The molecule has 0 aliphatic heterocycles. The van der Waals surface area contributed by atoms with Crippen molar-refractivity contribution in [2.24, 2.45) is 0 Å². The van der Waals surface area contributed by atoms with Gasteiger partial charge < -0.3 is 19.0 Å².